The number of hydrogen-bond acceptors (Lipinski definition) is 4. The lowest BCUT2D eigenvalue weighted by atomic mass is 10.1. The van der Waals surface area contributed by atoms with Crippen LogP contribution in [0.15, 0.2) is 36.4 Å². The Balaban J connectivity index is 1.97. The number of hydrazine groups is 1. The molecule has 0 amide bonds. The first-order valence-corrected chi connectivity index (χ1v) is 6.35. The molecular weight excluding hydrogens is 281 g/mol. The molecule has 0 unspecified atom stereocenters. The number of nitrogens with one attached hydrogen (secondary N) is 1. The number of alkyl halides is 3. The Hall–Kier alpha value is -2.28. The summed E-state index contributed by atoms with van der Waals surface area (Å²) in [6, 6.07) is 9.69. The lowest BCUT2D eigenvalue weighted by Crippen LogP contribution is -2.19. The Labute approximate surface area is 119 Å². The van der Waals surface area contributed by atoms with Crippen molar-refractivity contribution in [3.63, 3.8) is 0 Å². The summed E-state index contributed by atoms with van der Waals surface area (Å²) >= 11 is 0. The monoisotopic (exact) mass is 294 g/mol. The van der Waals surface area contributed by atoms with Gasteiger partial charge in [-0.15, -0.1) is 0 Å². The number of benzene rings is 1. The van der Waals surface area contributed by atoms with E-state index < -0.39 is 11.7 Å². The van der Waals surface area contributed by atoms with E-state index in [1.165, 1.54) is 0 Å². The summed E-state index contributed by atoms with van der Waals surface area (Å²) in [4.78, 5) is 5.91. The number of halogens is 3. The van der Waals surface area contributed by atoms with Gasteiger partial charge in [0.1, 0.15) is 11.6 Å². The second-order valence-electron chi connectivity index (χ2n) is 4.87. The number of aromatic nitrogens is 1. The van der Waals surface area contributed by atoms with Crippen LogP contribution < -0.4 is 16.2 Å². The highest BCUT2D eigenvalue weighted by Gasteiger charge is 2.32. The number of rotatable bonds is 2. The van der Waals surface area contributed by atoms with Crippen LogP contribution >= 0.6 is 0 Å². The summed E-state index contributed by atoms with van der Waals surface area (Å²) in [6.07, 6.45) is -4.43. The van der Waals surface area contributed by atoms with Gasteiger partial charge in [-0.05, 0) is 23.3 Å². The molecule has 0 saturated heterocycles. The smallest absolute Gasteiger partial charge is 0.348 e. The lowest BCUT2D eigenvalue weighted by Gasteiger charge is -2.19. The van der Waals surface area contributed by atoms with Crippen molar-refractivity contribution in [2.75, 3.05) is 10.3 Å². The Morgan fingerprint density at radius 2 is 1.71 bits per heavy atom. The van der Waals surface area contributed by atoms with Crippen LogP contribution in [0.2, 0.25) is 0 Å². The molecule has 0 radical (unpaired) electrons. The van der Waals surface area contributed by atoms with Crippen LogP contribution in [0, 0.1) is 0 Å². The maximum atomic E-state index is 12.9. The van der Waals surface area contributed by atoms with Gasteiger partial charge in [0.05, 0.1) is 5.56 Å². The van der Waals surface area contributed by atoms with Crippen molar-refractivity contribution in [3.05, 3.63) is 53.1 Å². The first-order chi connectivity index (χ1) is 9.97. The third-order valence-electron chi connectivity index (χ3n) is 3.45. The van der Waals surface area contributed by atoms with E-state index in [-0.39, 0.29) is 11.6 Å². The summed E-state index contributed by atoms with van der Waals surface area (Å²) in [6.45, 7) is 1.07. The maximum Gasteiger partial charge on any atom is 0.416 e. The Morgan fingerprint density at radius 1 is 1.10 bits per heavy atom. The number of pyridine rings is 1. The fourth-order valence-electron chi connectivity index (χ4n) is 2.41. The average molecular weight is 294 g/mol. The number of hydrogen-bond donors (Lipinski definition) is 2. The quantitative estimate of drug-likeness (QED) is 0.660. The summed E-state index contributed by atoms with van der Waals surface area (Å²) in [7, 11) is 0. The summed E-state index contributed by atoms with van der Waals surface area (Å²) < 4.78 is 38.8. The molecule has 1 aromatic carbocycles. The molecule has 1 aromatic heterocycles. The lowest BCUT2D eigenvalue weighted by molar-refractivity contribution is -0.137. The van der Waals surface area contributed by atoms with E-state index in [1.54, 1.807) is 4.90 Å². The standard InChI is InChI=1S/C14H13F3N4/c15-14(16,17)11-5-12(20-18)19-13(6-11)21-7-9-3-1-2-4-10(9)8-21/h1-6H,7-8,18H2,(H,19,20). The third kappa shape index (κ3) is 2.64. The number of nitrogens with two attached hydrogens (primary N) is 1. The van der Waals surface area contributed by atoms with E-state index in [0.717, 1.165) is 23.3 Å². The van der Waals surface area contributed by atoms with Crippen LogP contribution in [0.3, 0.4) is 0 Å². The van der Waals surface area contributed by atoms with E-state index in [9.17, 15) is 13.2 Å². The zero-order valence-corrected chi connectivity index (χ0v) is 11.0. The van der Waals surface area contributed by atoms with E-state index in [4.69, 9.17) is 5.84 Å². The third-order valence-corrected chi connectivity index (χ3v) is 3.45. The van der Waals surface area contributed by atoms with Crippen molar-refractivity contribution in [1.29, 1.82) is 0 Å². The number of nitrogen functional groups attached to an aromatic ring is 1. The summed E-state index contributed by atoms with van der Waals surface area (Å²) in [5, 5.41) is 0. The molecule has 3 N–H and O–H groups in total. The Morgan fingerprint density at radius 3 is 2.24 bits per heavy atom. The first kappa shape index (κ1) is 13.7. The van der Waals surface area contributed by atoms with Crippen LogP contribution in [0.5, 0.6) is 0 Å². The van der Waals surface area contributed by atoms with Crippen LogP contribution in [-0.2, 0) is 19.3 Å². The van der Waals surface area contributed by atoms with Gasteiger partial charge in [0, 0.05) is 13.1 Å². The van der Waals surface area contributed by atoms with Gasteiger partial charge < -0.3 is 10.3 Å². The molecule has 0 spiro atoms. The minimum absolute atomic E-state index is 0.00391. The molecule has 0 bridgehead atoms. The minimum atomic E-state index is -4.43. The Bertz CT molecular complexity index is 645. The zero-order valence-electron chi connectivity index (χ0n) is 11.0. The number of nitrogens with zero attached hydrogens (tertiary/aromatic N) is 2. The largest absolute Gasteiger partial charge is 0.416 e. The number of anilines is 2. The molecule has 2 aromatic rings. The molecule has 21 heavy (non-hydrogen) atoms. The predicted octanol–water partition coefficient (Wildman–Crippen LogP) is 2.91. The minimum Gasteiger partial charge on any atom is -0.348 e. The molecule has 110 valence electrons. The van der Waals surface area contributed by atoms with Gasteiger partial charge in [-0.1, -0.05) is 24.3 Å². The zero-order chi connectivity index (χ0) is 15.0. The summed E-state index contributed by atoms with van der Waals surface area (Å²) in [5.41, 5.74) is 3.61. The maximum absolute atomic E-state index is 12.9. The molecule has 0 aliphatic carbocycles. The molecule has 3 rings (SSSR count). The van der Waals surface area contributed by atoms with Crippen molar-refractivity contribution in [2.24, 2.45) is 5.84 Å². The van der Waals surface area contributed by atoms with Gasteiger partial charge >= 0.3 is 6.18 Å². The fraction of sp³-hybridized carbons (Fsp3) is 0.214. The topological polar surface area (TPSA) is 54.2 Å². The highest BCUT2D eigenvalue weighted by atomic mass is 19.4. The van der Waals surface area contributed by atoms with Gasteiger partial charge in [0.2, 0.25) is 0 Å². The van der Waals surface area contributed by atoms with Crippen molar-refractivity contribution >= 4 is 11.6 Å². The SMILES string of the molecule is NNc1cc(C(F)(F)F)cc(N2Cc3ccccc3C2)n1. The second kappa shape index (κ2) is 4.92. The van der Waals surface area contributed by atoms with Gasteiger partial charge in [-0.25, -0.2) is 10.8 Å². The van der Waals surface area contributed by atoms with Crippen LogP contribution in [-0.4, -0.2) is 4.98 Å². The molecule has 0 atom stereocenters. The van der Waals surface area contributed by atoms with Crippen molar-refractivity contribution in [1.82, 2.24) is 4.98 Å². The van der Waals surface area contributed by atoms with Crippen LogP contribution in [0.25, 0.3) is 0 Å². The average Bonchev–Trinajstić information content (AvgIpc) is 2.89. The van der Waals surface area contributed by atoms with Crippen molar-refractivity contribution < 1.29 is 13.2 Å². The van der Waals surface area contributed by atoms with Gasteiger partial charge in [0.25, 0.3) is 0 Å². The Kier molecular flexibility index (Phi) is 3.21. The molecule has 1 aliphatic heterocycles. The van der Waals surface area contributed by atoms with Crippen LogP contribution in [0.1, 0.15) is 16.7 Å². The summed E-state index contributed by atoms with van der Waals surface area (Å²) in [5.74, 6) is 5.47. The fourth-order valence-corrected chi connectivity index (χ4v) is 2.41. The molecule has 0 fully saturated rings. The van der Waals surface area contributed by atoms with Gasteiger partial charge in [0.15, 0.2) is 0 Å². The molecule has 7 heteroatoms. The van der Waals surface area contributed by atoms with Crippen LogP contribution in [0.4, 0.5) is 24.8 Å². The molecular formula is C14H13F3N4. The second-order valence-corrected chi connectivity index (χ2v) is 4.87. The number of fused-ring (bicyclic) bond motifs is 1. The van der Waals surface area contributed by atoms with Gasteiger partial charge in [-0.3, -0.25) is 0 Å². The molecule has 4 nitrogen and oxygen atoms in total. The van der Waals surface area contributed by atoms with Crippen molar-refractivity contribution in [3.8, 4) is 0 Å². The molecule has 0 saturated carbocycles. The van der Waals surface area contributed by atoms with Crippen molar-refractivity contribution in [2.45, 2.75) is 19.3 Å². The predicted molar refractivity (Wildman–Crippen MR) is 73.4 cm³/mol. The van der Waals surface area contributed by atoms with E-state index >= 15 is 0 Å². The molecule has 2 heterocycles. The van der Waals surface area contributed by atoms with E-state index in [0.29, 0.717) is 13.1 Å². The van der Waals surface area contributed by atoms with E-state index in [1.807, 2.05) is 24.3 Å². The first-order valence-electron chi connectivity index (χ1n) is 6.35. The normalized spacial score (nSPS) is 14.2. The van der Waals surface area contributed by atoms with E-state index in [2.05, 4.69) is 10.4 Å². The van der Waals surface area contributed by atoms with Gasteiger partial charge in [-0.2, -0.15) is 13.2 Å². The highest BCUT2D eigenvalue weighted by molar-refractivity contribution is 5.54. The highest BCUT2D eigenvalue weighted by Crippen LogP contribution is 2.34. The molecule has 1 aliphatic rings.